The maximum atomic E-state index is 13.7. The van der Waals surface area contributed by atoms with Crippen LogP contribution < -0.4 is 0 Å². The highest BCUT2D eigenvalue weighted by atomic mass is 33.1. The maximum absolute atomic E-state index is 13.7. The summed E-state index contributed by atoms with van der Waals surface area (Å²) in [5.41, 5.74) is 0. The molecule has 0 amide bonds. The van der Waals surface area contributed by atoms with Gasteiger partial charge in [-0.25, -0.2) is 13.1 Å². The quantitative estimate of drug-likeness (QED) is 0.192. The van der Waals surface area contributed by atoms with Crippen LogP contribution in [0.25, 0.3) is 0 Å². The molecule has 1 aromatic carbocycles. The molecule has 1 saturated heterocycles. The number of nitrogens with zero attached hydrogens (tertiary/aromatic N) is 2. The first-order chi connectivity index (χ1) is 15.7. The normalized spacial score (nSPS) is 23.9. The lowest BCUT2D eigenvalue weighted by Crippen LogP contribution is -2.47. The molecule has 0 radical (unpaired) electrons. The van der Waals surface area contributed by atoms with Crippen molar-refractivity contribution in [2.45, 2.75) is 98.6 Å². The lowest BCUT2D eigenvalue weighted by atomic mass is 9.84. The highest BCUT2D eigenvalue weighted by molar-refractivity contribution is 8.79. The van der Waals surface area contributed by atoms with E-state index in [1.54, 1.807) is 35.1 Å². The molecule has 1 aliphatic heterocycles. The van der Waals surface area contributed by atoms with E-state index >= 15 is 0 Å². The fraction of sp³-hybridized carbons (Fsp3) is 0.696. The highest BCUT2D eigenvalue weighted by Crippen LogP contribution is 2.63. The Kier molecular flexibility index (Phi) is 9.97. The molecule has 2 aliphatic rings. The minimum atomic E-state index is -3.60. The van der Waals surface area contributed by atoms with E-state index in [2.05, 4.69) is 38.4 Å². The summed E-state index contributed by atoms with van der Waals surface area (Å²) in [5.74, 6) is 0. The summed E-state index contributed by atoms with van der Waals surface area (Å²) in [7, 11) is -1.98. The smallest absolute Gasteiger partial charge is 0.259 e. The van der Waals surface area contributed by atoms with Crippen LogP contribution in [-0.2, 0) is 18.9 Å². The van der Waals surface area contributed by atoms with E-state index in [4.69, 9.17) is 14.3 Å². The van der Waals surface area contributed by atoms with E-state index in [1.165, 1.54) is 17.2 Å². The number of rotatable bonds is 10. The fourth-order valence-electron chi connectivity index (χ4n) is 4.50. The van der Waals surface area contributed by atoms with E-state index in [0.29, 0.717) is 4.90 Å². The van der Waals surface area contributed by atoms with Crippen molar-refractivity contribution in [2.75, 3.05) is 6.61 Å². The Bertz CT molecular complexity index is 894. The molecule has 0 N–H and O–H groups in total. The van der Waals surface area contributed by atoms with Gasteiger partial charge in [0.25, 0.3) is 8.53 Å². The summed E-state index contributed by atoms with van der Waals surface area (Å²) >= 11 is 0. The Hall–Kier alpha value is -0.330. The predicted molar refractivity (Wildman–Crippen MR) is 138 cm³/mol. The van der Waals surface area contributed by atoms with Crippen molar-refractivity contribution in [3.63, 3.8) is 0 Å². The molecule has 10 heteroatoms. The number of hydrogen-bond acceptors (Lipinski definition) is 8. The Labute approximate surface area is 208 Å². The zero-order chi connectivity index (χ0) is 24.1. The first-order valence-electron chi connectivity index (χ1n) is 11.6. The van der Waals surface area contributed by atoms with Gasteiger partial charge < -0.3 is 9.05 Å². The molecule has 184 valence electrons. The van der Waals surface area contributed by atoms with Gasteiger partial charge in [-0.3, -0.25) is 0 Å². The summed E-state index contributed by atoms with van der Waals surface area (Å²) in [6.45, 7) is 8.66. The van der Waals surface area contributed by atoms with Crippen LogP contribution in [0.3, 0.4) is 0 Å². The molecule has 1 saturated carbocycles. The van der Waals surface area contributed by atoms with Crippen LogP contribution in [0.2, 0.25) is 0 Å². The van der Waals surface area contributed by atoms with Crippen molar-refractivity contribution in [3.05, 3.63) is 30.3 Å². The Morgan fingerprint density at radius 3 is 2.36 bits per heavy atom. The average Bonchev–Trinajstić information content (AvgIpc) is 3.12. The average molecular weight is 531 g/mol. The monoisotopic (exact) mass is 530 g/mol. The van der Waals surface area contributed by atoms with E-state index in [1.807, 2.05) is 6.07 Å². The van der Waals surface area contributed by atoms with Gasteiger partial charge in [0, 0.05) is 12.1 Å². The molecule has 3 rings (SSSR count). The number of nitriles is 1. The minimum absolute atomic E-state index is 0.159. The molecule has 1 aromatic rings. The highest BCUT2D eigenvalue weighted by Gasteiger charge is 2.57. The summed E-state index contributed by atoms with van der Waals surface area (Å²) in [5, 5.41) is 9.03. The van der Waals surface area contributed by atoms with Crippen molar-refractivity contribution in [2.24, 2.45) is 0 Å². The lowest BCUT2D eigenvalue weighted by molar-refractivity contribution is 0.104. The Morgan fingerprint density at radius 1 is 1.15 bits per heavy atom. The van der Waals surface area contributed by atoms with Crippen molar-refractivity contribution in [3.8, 4) is 6.07 Å². The SMILES string of the molecule is CC(C)N(C(C)C)P(OCCC#N)OC1[C@H](S(=O)(=O)c2ccccc2)SSC12CCCCC2. The molecule has 2 unspecified atom stereocenters. The van der Waals surface area contributed by atoms with Gasteiger partial charge in [0.05, 0.1) is 28.7 Å². The zero-order valence-corrected chi connectivity index (χ0v) is 23.2. The molecule has 0 aromatic heterocycles. The third-order valence-corrected chi connectivity index (χ3v) is 14.7. The van der Waals surface area contributed by atoms with Gasteiger partial charge >= 0.3 is 0 Å². The molecule has 1 spiro atoms. The largest absolute Gasteiger partial charge is 0.321 e. The lowest BCUT2D eigenvalue weighted by Gasteiger charge is -2.42. The van der Waals surface area contributed by atoms with Crippen molar-refractivity contribution >= 4 is 40.0 Å². The second kappa shape index (κ2) is 12.1. The molecule has 0 bridgehead atoms. The zero-order valence-electron chi connectivity index (χ0n) is 19.8. The maximum Gasteiger partial charge on any atom is 0.259 e. The molecule has 1 heterocycles. The van der Waals surface area contributed by atoms with E-state index < -0.39 is 29.0 Å². The second-order valence-electron chi connectivity index (χ2n) is 9.10. The van der Waals surface area contributed by atoms with E-state index in [-0.39, 0.29) is 29.9 Å². The van der Waals surface area contributed by atoms with Gasteiger partial charge in [-0.15, -0.1) is 0 Å². The summed E-state index contributed by atoms with van der Waals surface area (Å²) in [6.07, 6.45) is 5.02. The third-order valence-electron chi connectivity index (χ3n) is 6.02. The van der Waals surface area contributed by atoms with Crippen molar-refractivity contribution in [1.82, 2.24) is 4.67 Å². The topological polar surface area (TPSA) is 79.6 Å². The van der Waals surface area contributed by atoms with Crippen LogP contribution in [0.1, 0.15) is 66.2 Å². The van der Waals surface area contributed by atoms with Crippen LogP contribution in [0.5, 0.6) is 0 Å². The van der Waals surface area contributed by atoms with Crippen LogP contribution >= 0.6 is 30.1 Å². The molecular formula is C23H35N2O4PS3. The number of benzene rings is 1. The van der Waals surface area contributed by atoms with E-state index in [9.17, 15) is 8.42 Å². The van der Waals surface area contributed by atoms with Crippen LogP contribution in [0.4, 0.5) is 0 Å². The van der Waals surface area contributed by atoms with Gasteiger partial charge in [0.1, 0.15) is 10.7 Å². The van der Waals surface area contributed by atoms with Gasteiger partial charge in [0.15, 0.2) is 9.84 Å². The fourth-order valence-corrected chi connectivity index (χ4v) is 13.6. The summed E-state index contributed by atoms with van der Waals surface area (Å²) in [4.78, 5) is 0.337. The summed E-state index contributed by atoms with van der Waals surface area (Å²) < 4.78 is 41.7. The van der Waals surface area contributed by atoms with Gasteiger partial charge in [-0.05, 0) is 52.7 Å². The van der Waals surface area contributed by atoms with Crippen LogP contribution in [0.15, 0.2) is 35.2 Å². The summed E-state index contributed by atoms with van der Waals surface area (Å²) in [6, 6.07) is 11.2. The van der Waals surface area contributed by atoms with E-state index in [0.717, 1.165) is 25.7 Å². The Morgan fingerprint density at radius 2 is 1.79 bits per heavy atom. The molecule has 33 heavy (non-hydrogen) atoms. The van der Waals surface area contributed by atoms with Crippen molar-refractivity contribution in [1.29, 1.82) is 5.26 Å². The van der Waals surface area contributed by atoms with Crippen LogP contribution in [-0.4, -0.2) is 47.2 Å². The molecular weight excluding hydrogens is 495 g/mol. The molecule has 2 fully saturated rings. The Balaban J connectivity index is 1.98. The minimum Gasteiger partial charge on any atom is -0.321 e. The molecule has 1 aliphatic carbocycles. The molecule has 3 atom stereocenters. The number of sulfone groups is 1. The van der Waals surface area contributed by atoms with Crippen LogP contribution in [0, 0.1) is 11.3 Å². The van der Waals surface area contributed by atoms with Crippen molar-refractivity contribution < 1.29 is 17.5 Å². The van der Waals surface area contributed by atoms with Gasteiger partial charge in [-0.1, -0.05) is 59.0 Å². The first-order valence-corrected chi connectivity index (χ1v) is 16.5. The van der Waals surface area contributed by atoms with Gasteiger partial charge in [0.2, 0.25) is 0 Å². The standard InChI is InChI=1S/C23H35N2O4PS3/c1-18(2)25(19(3)4)30(28-17-11-16-24)29-21-22(31-32-23(21)14-9-6-10-15-23)33(26,27)20-12-7-5-8-13-20/h5,7-8,12-13,18-19,21-22H,6,9-11,14-15,17H2,1-4H3/t21?,22-,30?/m0/s1. The van der Waals surface area contributed by atoms with Gasteiger partial charge in [-0.2, -0.15) is 5.26 Å². The second-order valence-corrected chi connectivity index (χ2v) is 15.6. The predicted octanol–water partition coefficient (Wildman–Crippen LogP) is 6.55. The molecule has 6 nitrogen and oxygen atoms in total. The first kappa shape index (κ1) is 27.3. The third kappa shape index (κ3) is 6.27. The number of hydrogen-bond donors (Lipinski definition) is 0.